The Morgan fingerprint density at radius 2 is 1.82 bits per heavy atom. The maximum Gasteiger partial charge on any atom is 0.224 e. The summed E-state index contributed by atoms with van der Waals surface area (Å²) in [6.07, 6.45) is 1.54. The molecule has 0 aliphatic carbocycles. The molecule has 2 rings (SSSR count). The first kappa shape index (κ1) is 12.3. The number of amidine groups is 1. The third kappa shape index (κ3) is 2.96. The van der Waals surface area contributed by atoms with Gasteiger partial charge in [0, 0.05) is 6.42 Å². The van der Waals surface area contributed by atoms with E-state index in [9.17, 15) is 0 Å². The zero-order chi connectivity index (χ0) is 12.3. The van der Waals surface area contributed by atoms with Crippen LogP contribution >= 0.6 is 23.2 Å². The molecule has 1 aromatic rings. The Hall–Kier alpha value is -1.12. The second kappa shape index (κ2) is 5.48. The number of hydrogen-bond donors (Lipinski definition) is 0. The minimum Gasteiger partial charge on any atom is -0.222 e. The average Bonchev–Trinajstić information content (AvgIpc) is 2.48. The molecule has 0 amide bonds. The fourth-order valence-electron chi connectivity index (χ4n) is 1.68. The molecule has 1 heterocycles. The topological polar surface area (TPSA) is 24.7 Å². The highest BCUT2D eigenvalue weighted by atomic mass is 35.5. The lowest BCUT2D eigenvalue weighted by molar-refractivity contribution is 1.04. The van der Waals surface area contributed by atoms with E-state index in [1.807, 2.05) is 30.3 Å². The largest absolute Gasteiger partial charge is 0.224 e. The van der Waals surface area contributed by atoms with Gasteiger partial charge in [-0.05, 0) is 29.2 Å². The second-order valence-electron chi connectivity index (χ2n) is 3.73. The van der Waals surface area contributed by atoms with Crippen molar-refractivity contribution in [3.63, 3.8) is 0 Å². The summed E-state index contributed by atoms with van der Waals surface area (Å²) in [6.45, 7) is 2.05. The number of halogens is 2. The van der Waals surface area contributed by atoms with E-state index in [1.54, 1.807) is 0 Å². The molecule has 4 heteroatoms. The Labute approximate surface area is 111 Å². The Bertz CT molecular complexity index is 501. The van der Waals surface area contributed by atoms with Crippen molar-refractivity contribution in [1.29, 1.82) is 0 Å². The number of nitrogens with zero attached hydrogens (tertiary/aromatic N) is 2. The smallest absolute Gasteiger partial charge is 0.222 e. The first-order valence-corrected chi connectivity index (χ1v) is 6.21. The van der Waals surface area contributed by atoms with Crippen molar-refractivity contribution in [2.24, 2.45) is 9.98 Å². The Morgan fingerprint density at radius 1 is 1.12 bits per heavy atom. The zero-order valence-electron chi connectivity index (χ0n) is 9.45. The predicted molar refractivity (Wildman–Crippen MR) is 74.1 cm³/mol. The van der Waals surface area contributed by atoms with Crippen molar-refractivity contribution in [1.82, 2.24) is 0 Å². The summed E-state index contributed by atoms with van der Waals surface area (Å²) in [5, 5.41) is 0.657. The lowest BCUT2D eigenvalue weighted by Crippen LogP contribution is -2.03. The van der Waals surface area contributed by atoms with E-state index >= 15 is 0 Å². The quantitative estimate of drug-likeness (QED) is 0.712. The van der Waals surface area contributed by atoms with Crippen LogP contribution in [-0.2, 0) is 0 Å². The van der Waals surface area contributed by atoms with Gasteiger partial charge >= 0.3 is 0 Å². The number of aliphatic imine (C=N–C) groups is 2. The summed E-state index contributed by atoms with van der Waals surface area (Å²) >= 11 is 12.0. The highest BCUT2D eigenvalue weighted by Crippen LogP contribution is 2.24. The molecule has 0 unspecified atom stereocenters. The van der Waals surface area contributed by atoms with Gasteiger partial charge in [-0.15, -0.1) is 0 Å². The van der Waals surface area contributed by atoms with Crippen molar-refractivity contribution in [3.05, 3.63) is 46.6 Å². The highest BCUT2D eigenvalue weighted by molar-refractivity contribution is 6.66. The van der Waals surface area contributed by atoms with E-state index < -0.39 is 0 Å². The van der Waals surface area contributed by atoms with Crippen LogP contribution in [0.25, 0.3) is 0 Å². The molecule has 0 fully saturated rings. The fourth-order valence-corrected chi connectivity index (χ4v) is 2.19. The number of allylic oxidation sites excluding steroid dienone is 1. The molecular weight excluding hydrogens is 255 g/mol. The van der Waals surface area contributed by atoms with Crippen LogP contribution in [0.15, 0.2) is 51.0 Å². The van der Waals surface area contributed by atoms with E-state index in [1.165, 1.54) is 0 Å². The van der Waals surface area contributed by atoms with Crippen molar-refractivity contribution < 1.29 is 0 Å². The van der Waals surface area contributed by atoms with Crippen LogP contribution in [-0.4, -0.2) is 11.0 Å². The van der Waals surface area contributed by atoms with Crippen molar-refractivity contribution in [2.75, 3.05) is 0 Å². The van der Waals surface area contributed by atoms with Crippen LogP contribution in [0.4, 0.5) is 0 Å². The van der Waals surface area contributed by atoms with Gasteiger partial charge in [-0.3, -0.25) is 0 Å². The first-order chi connectivity index (χ1) is 8.20. The van der Waals surface area contributed by atoms with Gasteiger partial charge in [0.2, 0.25) is 5.29 Å². The average molecular weight is 267 g/mol. The van der Waals surface area contributed by atoms with E-state index in [2.05, 4.69) is 16.9 Å². The van der Waals surface area contributed by atoms with Gasteiger partial charge in [-0.1, -0.05) is 48.9 Å². The molecule has 2 nitrogen and oxygen atoms in total. The van der Waals surface area contributed by atoms with Gasteiger partial charge in [0.15, 0.2) is 0 Å². The van der Waals surface area contributed by atoms with Crippen LogP contribution in [0.2, 0.25) is 0 Å². The fraction of sp³-hybridized carbons (Fsp3) is 0.231. The van der Waals surface area contributed by atoms with Crippen LogP contribution < -0.4 is 0 Å². The monoisotopic (exact) mass is 266 g/mol. The summed E-state index contributed by atoms with van der Waals surface area (Å²) in [6, 6.07) is 9.94. The van der Waals surface area contributed by atoms with E-state index in [0.29, 0.717) is 11.6 Å². The molecule has 0 saturated heterocycles. The molecule has 0 bridgehead atoms. The van der Waals surface area contributed by atoms with Gasteiger partial charge in [0.25, 0.3) is 0 Å². The number of benzene rings is 1. The molecule has 0 aromatic heterocycles. The van der Waals surface area contributed by atoms with Crippen LogP contribution in [0.3, 0.4) is 0 Å². The van der Waals surface area contributed by atoms with E-state index in [4.69, 9.17) is 23.2 Å². The van der Waals surface area contributed by atoms with Gasteiger partial charge in [0.1, 0.15) is 5.16 Å². The van der Waals surface area contributed by atoms with Crippen LogP contribution in [0.5, 0.6) is 0 Å². The van der Waals surface area contributed by atoms with Crippen molar-refractivity contribution >= 4 is 34.2 Å². The predicted octanol–water partition coefficient (Wildman–Crippen LogP) is 4.33. The third-order valence-corrected chi connectivity index (χ3v) is 3.14. The van der Waals surface area contributed by atoms with Crippen LogP contribution in [0, 0.1) is 0 Å². The number of hydrogen-bond acceptors (Lipinski definition) is 2. The molecule has 0 N–H and O–H groups in total. The highest BCUT2D eigenvalue weighted by Gasteiger charge is 2.14. The van der Waals surface area contributed by atoms with E-state index in [-0.39, 0.29) is 5.29 Å². The minimum absolute atomic E-state index is 0.192. The van der Waals surface area contributed by atoms with Gasteiger partial charge in [0.05, 0.1) is 5.71 Å². The van der Waals surface area contributed by atoms with Crippen molar-refractivity contribution in [3.8, 4) is 0 Å². The maximum atomic E-state index is 6.07. The second-order valence-corrected chi connectivity index (χ2v) is 4.43. The summed E-state index contributed by atoms with van der Waals surface area (Å²) in [7, 11) is 0. The SMILES string of the molecule is CCC1=C(Cl)N=C(Cl)N=C(c2ccccc2)C1. The molecule has 0 atom stereocenters. The van der Waals surface area contributed by atoms with E-state index in [0.717, 1.165) is 23.3 Å². The third-order valence-electron chi connectivity index (χ3n) is 2.62. The molecule has 0 radical (unpaired) electrons. The Morgan fingerprint density at radius 3 is 2.47 bits per heavy atom. The molecule has 0 spiro atoms. The molecule has 1 aliphatic heterocycles. The lowest BCUT2D eigenvalue weighted by Gasteiger charge is -2.06. The normalized spacial score (nSPS) is 16.4. The van der Waals surface area contributed by atoms with Crippen molar-refractivity contribution in [2.45, 2.75) is 19.8 Å². The zero-order valence-corrected chi connectivity index (χ0v) is 11.0. The standard InChI is InChI=1S/C13H12Cl2N2/c1-2-9-8-11(10-6-4-3-5-7-10)16-13(15)17-12(9)14/h3-7H,2,8H2,1H3. The first-order valence-electron chi connectivity index (χ1n) is 5.45. The Kier molecular flexibility index (Phi) is 3.97. The maximum absolute atomic E-state index is 6.07. The Balaban J connectivity index is 2.41. The van der Waals surface area contributed by atoms with Gasteiger partial charge in [-0.2, -0.15) is 0 Å². The molecular formula is C13H12Cl2N2. The van der Waals surface area contributed by atoms with Crippen LogP contribution in [0.1, 0.15) is 25.3 Å². The van der Waals surface area contributed by atoms with Gasteiger partial charge < -0.3 is 0 Å². The lowest BCUT2D eigenvalue weighted by atomic mass is 10.0. The summed E-state index contributed by atoms with van der Waals surface area (Å²) in [5.41, 5.74) is 3.02. The summed E-state index contributed by atoms with van der Waals surface area (Å²) in [5.74, 6) is 0. The number of rotatable bonds is 2. The summed E-state index contributed by atoms with van der Waals surface area (Å²) in [4.78, 5) is 8.34. The molecule has 1 aromatic carbocycles. The summed E-state index contributed by atoms with van der Waals surface area (Å²) < 4.78 is 0. The molecule has 1 aliphatic rings. The minimum atomic E-state index is 0.192. The molecule has 17 heavy (non-hydrogen) atoms. The molecule has 0 saturated carbocycles. The van der Waals surface area contributed by atoms with Gasteiger partial charge in [-0.25, -0.2) is 9.98 Å². The molecule has 88 valence electrons.